The van der Waals surface area contributed by atoms with E-state index >= 15 is 0 Å². The molecular weight excluding hydrogens is 266 g/mol. The normalized spacial score (nSPS) is 16.8. The number of rotatable bonds is 4. The molecule has 1 aliphatic heterocycles. The topological polar surface area (TPSA) is 60.2 Å². The lowest BCUT2D eigenvalue weighted by Crippen LogP contribution is -2.04. The Morgan fingerprint density at radius 3 is 2.67 bits per heavy atom. The molecule has 0 fully saturated rings. The minimum Gasteiger partial charge on any atom is -0.326 e. The van der Waals surface area contributed by atoms with E-state index in [2.05, 4.69) is 13.8 Å². The van der Waals surface area contributed by atoms with Gasteiger partial charge in [-0.3, -0.25) is 0 Å². The van der Waals surface area contributed by atoms with E-state index in [1.165, 1.54) is 0 Å². The summed E-state index contributed by atoms with van der Waals surface area (Å²) in [5.41, 5.74) is 7.30. The van der Waals surface area contributed by atoms with E-state index in [-0.39, 0.29) is 0 Å². The largest absolute Gasteiger partial charge is 0.326 e. The highest BCUT2D eigenvalue weighted by Gasteiger charge is 2.29. The molecule has 0 spiro atoms. The summed E-state index contributed by atoms with van der Waals surface area (Å²) in [5, 5.41) is 0.421. The van der Waals surface area contributed by atoms with Gasteiger partial charge in [-0.2, -0.15) is 11.8 Å². The molecule has 2 rings (SSSR count). The first kappa shape index (κ1) is 13.6. The number of nitrogens with two attached hydrogens (primary N) is 1. The van der Waals surface area contributed by atoms with Crippen molar-refractivity contribution >= 4 is 27.7 Å². The van der Waals surface area contributed by atoms with E-state index in [9.17, 15) is 8.42 Å². The fourth-order valence-corrected chi connectivity index (χ4v) is 4.49. The minimum atomic E-state index is -3.27. The highest BCUT2D eigenvalue weighted by atomic mass is 32.2. The summed E-state index contributed by atoms with van der Waals surface area (Å²) in [6.07, 6.45) is 1.78. The molecule has 1 heterocycles. The van der Waals surface area contributed by atoms with E-state index in [0.717, 1.165) is 11.1 Å². The zero-order valence-corrected chi connectivity index (χ0v) is 12.1. The summed E-state index contributed by atoms with van der Waals surface area (Å²) in [7, 11) is -3.27. The molecule has 0 aliphatic carbocycles. The third kappa shape index (κ3) is 2.48. The lowest BCUT2D eigenvalue weighted by molar-refractivity contribution is 0.603. The standard InChI is InChI=1S/C13H17NO2S2/c1-9(2)17-8-12-6-11-5-10(7-14)3-4-13(11)18(12,15)16/h3-6,9H,7-8,14H2,1-2H3. The third-order valence-electron chi connectivity index (χ3n) is 2.82. The molecule has 98 valence electrons. The van der Waals surface area contributed by atoms with Crippen molar-refractivity contribution in [3.63, 3.8) is 0 Å². The van der Waals surface area contributed by atoms with Crippen molar-refractivity contribution < 1.29 is 8.42 Å². The van der Waals surface area contributed by atoms with E-state index < -0.39 is 9.84 Å². The van der Waals surface area contributed by atoms with Gasteiger partial charge >= 0.3 is 0 Å². The van der Waals surface area contributed by atoms with Crippen LogP contribution in [0, 0.1) is 0 Å². The molecule has 0 saturated carbocycles. The highest BCUT2D eigenvalue weighted by Crippen LogP contribution is 2.35. The van der Waals surface area contributed by atoms with Gasteiger partial charge in [0.2, 0.25) is 9.84 Å². The van der Waals surface area contributed by atoms with Crippen LogP contribution >= 0.6 is 11.8 Å². The second-order valence-electron chi connectivity index (χ2n) is 4.55. The predicted octanol–water partition coefficient (Wildman–Crippen LogP) is 2.42. The van der Waals surface area contributed by atoms with Gasteiger partial charge in [-0.25, -0.2) is 8.42 Å². The van der Waals surface area contributed by atoms with Crippen LogP contribution in [-0.2, 0) is 16.4 Å². The van der Waals surface area contributed by atoms with Crippen LogP contribution in [-0.4, -0.2) is 19.4 Å². The fourth-order valence-electron chi connectivity index (χ4n) is 1.84. The number of benzene rings is 1. The molecule has 2 N–H and O–H groups in total. The van der Waals surface area contributed by atoms with Crippen LogP contribution in [0.5, 0.6) is 0 Å². The van der Waals surface area contributed by atoms with Gasteiger partial charge in [0, 0.05) is 12.3 Å². The Kier molecular flexibility index (Phi) is 3.84. The Morgan fingerprint density at radius 1 is 1.33 bits per heavy atom. The van der Waals surface area contributed by atoms with Crippen molar-refractivity contribution in [2.75, 3.05) is 5.75 Å². The van der Waals surface area contributed by atoms with Crippen LogP contribution in [0.4, 0.5) is 0 Å². The molecule has 0 bridgehead atoms. The summed E-state index contributed by atoms with van der Waals surface area (Å²) < 4.78 is 24.6. The van der Waals surface area contributed by atoms with Gasteiger partial charge < -0.3 is 5.73 Å². The van der Waals surface area contributed by atoms with Crippen LogP contribution < -0.4 is 5.73 Å². The highest BCUT2D eigenvalue weighted by molar-refractivity contribution is 8.02. The summed E-state index contributed by atoms with van der Waals surface area (Å²) in [5.74, 6) is 0.534. The first-order valence-corrected chi connectivity index (χ1v) is 8.38. The molecular formula is C13H17NO2S2. The third-order valence-corrected chi connectivity index (χ3v) is 6.05. The molecule has 0 radical (unpaired) electrons. The summed E-state index contributed by atoms with van der Waals surface area (Å²) in [6, 6.07) is 5.30. The molecule has 18 heavy (non-hydrogen) atoms. The Bertz CT molecular complexity index is 589. The molecule has 0 aromatic heterocycles. The van der Waals surface area contributed by atoms with Crippen molar-refractivity contribution in [1.82, 2.24) is 0 Å². The summed E-state index contributed by atoms with van der Waals surface area (Å²) in [4.78, 5) is 0.921. The van der Waals surface area contributed by atoms with Crippen molar-refractivity contribution in [2.45, 2.75) is 30.5 Å². The number of thioether (sulfide) groups is 1. The van der Waals surface area contributed by atoms with Crippen molar-refractivity contribution in [1.29, 1.82) is 0 Å². The van der Waals surface area contributed by atoms with Gasteiger partial charge in [-0.1, -0.05) is 19.9 Å². The number of hydrogen-bond donors (Lipinski definition) is 1. The number of hydrogen-bond acceptors (Lipinski definition) is 4. The van der Waals surface area contributed by atoms with E-state index in [4.69, 9.17) is 5.73 Å². The SMILES string of the molecule is CC(C)SCC1=Cc2cc(CN)ccc2S1(=O)=O. The predicted molar refractivity (Wildman–Crippen MR) is 77.1 cm³/mol. The molecule has 1 aliphatic rings. The Balaban J connectivity index is 2.36. The Hall–Kier alpha value is -0.780. The van der Waals surface area contributed by atoms with Crippen LogP contribution in [0.25, 0.3) is 6.08 Å². The van der Waals surface area contributed by atoms with Gasteiger partial charge in [0.05, 0.1) is 9.80 Å². The molecule has 0 saturated heterocycles. The summed E-state index contributed by atoms with van der Waals surface area (Å²) in [6.45, 7) is 4.55. The molecule has 3 nitrogen and oxygen atoms in total. The zero-order valence-electron chi connectivity index (χ0n) is 10.5. The molecule has 5 heteroatoms. The van der Waals surface area contributed by atoms with E-state index in [0.29, 0.717) is 27.3 Å². The number of sulfone groups is 1. The monoisotopic (exact) mass is 283 g/mol. The van der Waals surface area contributed by atoms with Crippen LogP contribution in [0.2, 0.25) is 0 Å². The number of fused-ring (bicyclic) bond motifs is 1. The Labute approximate surface area is 112 Å². The zero-order chi connectivity index (χ0) is 13.3. The van der Waals surface area contributed by atoms with Crippen LogP contribution in [0.3, 0.4) is 0 Å². The molecule has 0 amide bonds. The van der Waals surface area contributed by atoms with Crippen LogP contribution in [0.1, 0.15) is 25.0 Å². The Morgan fingerprint density at radius 2 is 2.06 bits per heavy atom. The smallest absolute Gasteiger partial charge is 0.204 e. The van der Waals surface area contributed by atoms with Gasteiger partial charge in [0.25, 0.3) is 0 Å². The van der Waals surface area contributed by atoms with Gasteiger partial charge in [-0.15, -0.1) is 0 Å². The second kappa shape index (κ2) is 5.07. The van der Waals surface area contributed by atoms with E-state index in [1.807, 2.05) is 6.07 Å². The van der Waals surface area contributed by atoms with Crippen molar-refractivity contribution in [3.8, 4) is 0 Å². The lowest BCUT2D eigenvalue weighted by atomic mass is 10.1. The maximum absolute atomic E-state index is 12.3. The quantitative estimate of drug-likeness (QED) is 0.922. The van der Waals surface area contributed by atoms with Gasteiger partial charge in [-0.05, 0) is 34.6 Å². The van der Waals surface area contributed by atoms with Crippen LogP contribution in [0.15, 0.2) is 28.0 Å². The lowest BCUT2D eigenvalue weighted by Gasteiger charge is -2.06. The average Bonchev–Trinajstić information content (AvgIpc) is 2.57. The summed E-state index contributed by atoms with van der Waals surface area (Å²) >= 11 is 1.64. The second-order valence-corrected chi connectivity index (χ2v) is 8.09. The first-order chi connectivity index (χ1) is 8.45. The average molecular weight is 283 g/mol. The van der Waals surface area contributed by atoms with E-state index in [1.54, 1.807) is 30.0 Å². The molecule has 0 unspecified atom stereocenters. The fraction of sp³-hybridized carbons (Fsp3) is 0.385. The molecule has 1 aromatic carbocycles. The maximum atomic E-state index is 12.3. The molecule has 1 aromatic rings. The minimum absolute atomic E-state index is 0.416. The van der Waals surface area contributed by atoms with Crippen molar-refractivity contribution in [3.05, 3.63) is 34.2 Å². The molecule has 0 atom stereocenters. The van der Waals surface area contributed by atoms with Gasteiger partial charge in [0.1, 0.15) is 0 Å². The maximum Gasteiger partial charge on any atom is 0.204 e. The first-order valence-electron chi connectivity index (χ1n) is 5.85. The van der Waals surface area contributed by atoms with Crippen molar-refractivity contribution in [2.24, 2.45) is 5.73 Å². The van der Waals surface area contributed by atoms with Gasteiger partial charge in [0.15, 0.2) is 0 Å².